The van der Waals surface area contributed by atoms with Gasteiger partial charge in [-0.3, -0.25) is 38.8 Å². The van der Waals surface area contributed by atoms with Crippen molar-refractivity contribution in [1.29, 1.82) is 5.26 Å². The SMILES string of the molecule is COc1cc2c(cc1O)CCC[C@]21CS[C@@H]2c3c(OC(C)=O)c(C)c4c(c3[C@H](COC1=O)N1C2[C@H]2c3c(cc(C)c(OC)c3O)C[C@@H]([C@@H]1C#N)N2C)OCO4.COc1cc2c(cc1O)CCC[C@]21CS[C@@H]2c3c(OC(C)=O)c(C)c4c(c3[C@H](COC1=O)N1C2[C@H]2c3c(cc(C)c(OC)c3O)C[C@@H]([C@@H]1O)N2C)OCO4. The largest absolute Gasteiger partial charge is 0.504 e. The number of esters is 4. The van der Waals surface area contributed by atoms with Crippen LogP contribution in [0.1, 0.15) is 163 Å². The first-order chi connectivity index (χ1) is 52.4. The van der Waals surface area contributed by atoms with E-state index in [-0.39, 0.29) is 84.9 Å². The van der Waals surface area contributed by atoms with Crippen LogP contribution in [0.2, 0.25) is 0 Å². The van der Waals surface area contributed by atoms with E-state index in [1.165, 1.54) is 39.8 Å². The number of hydrogen-bond acceptors (Lipinski definition) is 28. The summed E-state index contributed by atoms with van der Waals surface area (Å²) in [4.78, 5) is 63.9. The summed E-state index contributed by atoms with van der Waals surface area (Å²) in [7, 11) is 10.0. The van der Waals surface area contributed by atoms with Crippen LogP contribution >= 0.6 is 23.5 Å². The molecule has 28 heteroatoms. The molecule has 2 spiro atoms. The summed E-state index contributed by atoms with van der Waals surface area (Å²) in [5, 5.41) is 68.2. The number of benzene rings is 6. The number of nitrogens with zero attached hydrogens (tertiary/aromatic N) is 5. The zero-order chi connectivity index (χ0) is 76.6. The van der Waals surface area contributed by atoms with Crippen molar-refractivity contribution in [1.82, 2.24) is 19.6 Å². The van der Waals surface area contributed by atoms with Crippen LogP contribution in [0.4, 0.5) is 0 Å². The molecular formula is C81H87N5O21S2. The molecule has 574 valence electrons. The maximum atomic E-state index is 14.8. The molecule has 14 atom stereocenters. The van der Waals surface area contributed by atoms with E-state index in [4.69, 9.17) is 56.8 Å². The van der Waals surface area contributed by atoms with Gasteiger partial charge in [0, 0.05) is 88.0 Å². The average Bonchev–Trinajstić information content (AvgIpc) is 1.54. The van der Waals surface area contributed by atoms with Crippen LogP contribution in [0.3, 0.4) is 0 Å². The van der Waals surface area contributed by atoms with Crippen molar-refractivity contribution >= 4 is 47.4 Å². The summed E-state index contributed by atoms with van der Waals surface area (Å²) in [5.74, 6) is 2.67. The van der Waals surface area contributed by atoms with E-state index in [0.29, 0.717) is 131 Å². The fourth-order valence-electron chi connectivity index (χ4n) is 20.9. The molecule has 12 heterocycles. The molecule has 0 saturated carbocycles. The minimum absolute atomic E-state index is 0.00386. The molecule has 2 unspecified atom stereocenters. The number of thioether (sulfide) groups is 2. The lowest BCUT2D eigenvalue weighted by Crippen LogP contribution is -2.69. The van der Waals surface area contributed by atoms with Gasteiger partial charge in [0.25, 0.3) is 0 Å². The molecular weight excluding hydrogens is 1440 g/mol. The summed E-state index contributed by atoms with van der Waals surface area (Å²) in [6, 6.07) is 8.84. The third kappa shape index (κ3) is 10.5. The second-order valence-electron chi connectivity index (χ2n) is 30.7. The van der Waals surface area contributed by atoms with Crippen LogP contribution in [-0.2, 0) is 65.2 Å². The van der Waals surface area contributed by atoms with Gasteiger partial charge < -0.3 is 82.4 Å². The van der Waals surface area contributed by atoms with E-state index < -0.39 is 93.7 Å². The smallest absolute Gasteiger partial charge is 0.317 e. The molecule has 109 heavy (non-hydrogen) atoms. The van der Waals surface area contributed by atoms with E-state index >= 15 is 0 Å². The Kier molecular flexibility index (Phi) is 17.9. The highest BCUT2D eigenvalue weighted by Crippen LogP contribution is 2.68. The number of aliphatic hydroxyl groups excluding tert-OH is 1. The highest BCUT2D eigenvalue weighted by atomic mass is 32.2. The Morgan fingerprint density at radius 1 is 0.541 bits per heavy atom. The van der Waals surface area contributed by atoms with Crippen LogP contribution in [0, 0.1) is 39.0 Å². The average molecular weight is 1530 g/mol. The van der Waals surface area contributed by atoms with Gasteiger partial charge in [0.15, 0.2) is 69.0 Å². The minimum atomic E-state index is -1.11. The van der Waals surface area contributed by atoms with E-state index in [1.807, 2.05) is 52.8 Å². The molecule has 0 radical (unpaired) electrons. The maximum absolute atomic E-state index is 14.8. The standard InChI is InChI=1S/C41H43N3O10S.C40H44N2O11S/c1-18-10-22-11-24-25(14-42)44-26-15-51-40(48)41(9-7-8-21-12-27(46)28(49-5)13-23(21)41)16-55-39(33(44)32(43(24)4)29(22)34(47)35(18)50-6)31-30(26)38-37(52-17-53-38)19(2)36(31)54-20(3)45;1-17-10-21-11-23-38(46)42-24-14-50-39(47)40(9-7-8-20-12-25(44)26(48-5)13-22(20)40)15-54-37(31(42)30(41(23)4)27(21)32(45)33(17)49-6)29-28(24)36-35(51-16-52-36)18(2)34(29)53-19(3)43/h10,12-13,24-26,32-33,39,46-47H,7-9,11,15-17H2,1-6H3;10,12-13,23-24,30-31,37-38,44-46H,7-9,11,14-16H2,1-6H3/t24-,25-,26-,32+,33?,39+,41-;23-,24-,30+,31?,37+,38-,40-/m00/s1. The van der Waals surface area contributed by atoms with Gasteiger partial charge in [-0.05, 0) is 162 Å². The molecule has 0 amide bonds. The topological polar surface area (TPSA) is 317 Å². The summed E-state index contributed by atoms with van der Waals surface area (Å²) < 4.78 is 72.3. The zero-order valence-electron chi connectivity index (χ0n) is 62.6. The Bertz CT molecular complexity index is 4950. The Morgan fingerprint density at radius 3 is 1.39 bits per heavy atom. The molecule has 14 aliphatic rings. The Balaban J connectivity index is 0.000000159. The van der Waals surface area contributed by atoms with Crippen LogP contribution in [0.5, 0.6) is 80.5 Å². The molecule has 4 fully saturated rings. The molecule has 5 N–H and O–H groups in total. The van der Waals surface area contributed by atoms with E-state index in [0.717, 1.165) is 55.6 Å². The highest BCUT2D eigenvalue weighted by molar-refractivity contribution is 7.99. The van der Waals surface area contributed by atoms with Gasteiger partial charge in [-0.15, -0.1) is 0 Å². The normalized spacial score (nSPS) is 29.2. The number of nitriles is 1. The Hall–Kier alpha value is -9.21. The number of methoxy groups -OCH3 is 4. The summed E-state index contributed by atoms with van der Waals surface area (Å²) >= 11 is 3.07. The van der Waals surface area contributed by atoms with Crippen LogP contribution in [0.15, 0.2) is 36.4 Å². The molecule has 6 aromatic carbocycles. The number of carbonyl (C=O) groups excluding carboxylic acids is 4. The van der Waals surface area contributed by atoms with Crippen molar-refractivity contribution in [2.45, 2.75) is 175 Å². The number of phenols is 4. The first-order valence-electron chi connectivity index (χ1n) is 36.9. The lowest BCUT2D eigenvalue weighted by atomic mass is 9.70. The number of phenolic OH excluding ortho intramolecular Hbond substituents is 4. The van der Waals surface area contributed by atoms with Crippen molar-refractivity contribution in [2.75, 3.05) is 80.8 Å². The van der Waals surface area contributed by atoms with Gasteiger partial charge >= 0.3 is 23.9 Å². The molecule has 6 aromatic rings. The predicted molar refractivity (Wildman–Crippen MR) is 395 cm³/mol. The van der Waals surface area contributed by atoms with E-state index in [9.17, 15) is 50.0 Å². The van der Waals surface area contributed by atoms with Crippen LogP contribution < -0.4 is 47.4 Å². The molecule has 0 aromatic heterocycles. The summed E-state index contributed by atoms with van der Waals surface area (Å²) in [6.45, 7) is 9.81. The third-order valence-corrected chi connectivity index (χ3v) is 28.5. The number of rotatable bonds is 6. The van der Waals surface area contributed by atoms with E-state index in [1.54, 1.807) is 50.2 Å². The Morgan fingerprint density at radius 2 is 0.963 bits per heavy atom. The van der Waals surface area contributed by atoms with Crippen molar-refractivity contribution in [3.63, 3.8) is 0 Å². The number of likely N-dealkylation sites (N-methyl/N-ethyl adjacent to an activating group) is 2. The Labute approximate surface area is 638 Å². The highest BCUT2D eigenvalue weighted by Gasteiger charge is 2.65. The van der Waals surface area contributed by atoms with Gasteiger partial charge in [-0.1, -0.05) is 12.1 Å². The number of aliphatic hydroxyl groups is 1. The van der Waals surface area contributed by atoms with Gasteiger partial charge in [0.05, 0.1) is 75.2 Å². The lowest BCUT2D eigenvalue weighted by molar-refractivity contribution is -0.186. The number of ether oxygens (including phenoxy) is 12. The predicted octanol–water partition coefficient (Wildman–Crippen LogP) is 9.87. The summed E-state index contributed by atoms with van der Waals surface area (Å²) in [5.41, 5.74) is 9.82. The molecule has 12 aliphatic heterocycles. The van der Waals surface area contributed by atoms with Gasteiger partial charge in [0.1, 0.15) is 47.8 Å². The monoisotopic (exact) mass is 1530 g/mol. The van der Waals surface area contributed by atoms with Gasteiger partial charge in [0.2, 0.25) is 13.6 Å². The number of piperazine rings is 2. The second-order valence-corrected chi connectivity index (χ2v) is 33.0. The summed E-state index contributed by atoms with van der Waals surface area (Å²) in [6.07, 6.45) is 3.67. The molecule has 26 nitrogen and oxygen atoms in total. The molecule has 2 aliphatic carbocycles. The lowest BCUT2D eigenvalue weighted by Gasteiger charge is -2.62. The molecule has 20 rings (SSSR count). The number of fused-ring (bicyclic) bond motifs is 18. The van der Waals surface area contributed by atoms with Crippen molar-refractivity contribution in [3.8, 4) is 86.6 Å². The maximum Gasteiger partial charge on any atom is 0.317 e. The number of aryl methyl sites for hydroxylation is 4. The van der Waals surface area contributed by atoms with Crippen molar-refractivity contribution in [3.05, 3.63) is 125 Å². The van der Waals surface area contributed by atoms with Crippen LogP contribution in [-0.4, -0.2) is 186 Å². The molecule has 8 bridgehead atoms. The zero-order valence-corrected chi connectivity index (χ0v) is 64.2. The van der Waals surface area contributed by atoms with Crippen molar-refractivity contribution in [2.24, 2.45) is 0 Å². The fraction of sp³-hybridized carbons (Fsp3) is 0.494. The first kappa shape index (κ1) is 72.6. The number of carbonyl (C=O) groups is 4. The number of hydrogen-bond donors (Lipinski definition) is 5. The van der Waals surface area contributed by atoms with Gasteiger partial charge in [-0.25, -0.2) is 0 Å². The first-order valence-corrected chi connectivity index (χ1v) is 39.0. The van der Waals surface area contributed by atoms with Crippen molar-refractivity contribution < 1.29 is 102 Å². The fourth-order valence-corrected chi connectivity index (χ4v) is 24.4. The van der Waals surface area contributed by atoms with Gasteiger partial charge in [-0.2, -0.15) is 28.8 Å². The van der Waals surface area contributed by atoms with Crippen LogP contribution in [0.25, 0.3) is 0 Å². The molecule has 4 saturated heterocycles. The number of aromatic hydroxyl groups is 4. The third-order valence-electron chi connectivity index (χ3n) is 25.4. The quantitative estimate of drug-likeness (QED) is 0.0765. The van der Waals surface area contributed by atoms with E-state index in [2.05, 4.69) is 26.8 Å². The second kappa shape index (κ2) is 26.8. The minimum Gasteiger partial charge on any atom is -0.504 e.